The highest BCUT2D eigenvalue weighted by Crippen LogP contribution is 2.29. The third kappa shape index (κ3) is 3.24. The molecule has 0 aliphatic carbocycles. The van der Waals surface area contributed by atoms with Gasteiger partial charge in [0.15, 0.2) is 6.10 Å². The number of aryl methyl sites for hydroxylation is 2. The summed E-state index contributed by atoms with van der Waals surface area (Å²) in [5, 5.41) is 0. The molecule has 3 rings (SSSR count). The predicted molar refractivity (Wildman–Crippen MR) is 93.1 cm³/mol. The van der Waals surface area contributed by atoms with Crippen molar-refractivity contribution in [2.75, 3.05) is 11.4 Å². The van der Waals surface area contributed by atoms with E-state index in [2.05, 4.69) is 12.1 Å². The van der Waals surface area contributed by atoms with Crippen LogP contribution in [0.3, 0.4) is 0 Å². The second-order valence-electron chi connectivity index (χ2n) is 6.21. The molecule has 0 saturated heterocycles. The Hall–Kier alpha value is -2.29. The minimum atomic E-state index is -0.442. The van der Waals surface area contributed by atoms with Gasteiger partial charge in [0.2, 0.25) is 0 Å². The van der Waals surface area contributed by atoms with E-state index in [0.717, 1.165) is 35.5 Å². The van der Waals surface area contributed by atoms with Gasteiger partial charge in [-0.05, 0) is 61.6 Å². The van der Waals surface area contributed by atoms with Gasteiger partial charge in [-0.2, -0.15) is 0 Å². The highest BCUT2D eigenvalue weighted by Gasteiger charge is 2.30. The van der Waals surface area contributed by atoms with E-state index < -0.39 is 6.10 Å². The lowest BCUT2D eigenvalue weighted by molar-refractivity contribution is -0.125. The molecule has 1 heterocycles. The summed E-state index contributed by atoms with van der Waals surface area (Å²) in [6.45, 7) is 6.82. The summed E-state index contributed by atoms with van der Waals surface area (Å²) in [6.07, 6.45) is 1.13. The van der Waals surface area contributed by atoms with Crippen molar-refractivity contribution >= 4 is 11.6 Å². The van der Waals surface area contributed by atoms with Crippen LogP contribution in [0.5, 0.6) is 5.75 Å². The molecule has 0 bridgehead atoms. The number of carbonyl (C=O) groups is 1. The van der Waals surface area contributed by atoms with Crippen LogP contribution in [-0.4, -0.2) is 18.6 Å². The van der Waals surface area contributed by atoms with Crippen molar-refractivity contribution in [2.24, 2.45) is 0 Å². The number of nitrogens with zero attached hydrogens (tertiary/aromatic N) is 1. The molecule has 0 radical (unpaired) electrons. The molecular weight excluding hydrogens is 286 g/mol. The largest absolute Gasteiger partial charge is 0.481 e. The van der Waals surface area contributed by atoms with Crippen molar-refractivity contribution in [1.29, 1.82) is 0 Å². The lowest BCUT2D eigenvalue weighted by Crippen LogP contribution is -2.41. The maximum atomic E-state index is 12.9. The van der Waals surface area contributed by atoms with Gasteiger partial charge >= 0.3 is 0 Å². The van der Waals surface area contributed by atoms with Gasteiger partial charge in [-0.25, -0.2) is 0 Å². The van der Waals surface area contributed by atoms with Crippen molar-refractivity contribution < 1.29 is 9.53 Å². The zero-order valence-electron chi connectivity index (χ0n) is 14.0. The monoisotopic (exact) mass is 309 g/mol. The Bertz CT molecular complexity index is 703. The fourth-order valence-electron chi connectivity index (χ4n) is 3.21. The SMILES string of the molecule is CCC(Oc1cc(C)cc(C)c1)C(=O)N1CCc2ccccc21. The smallest absolute Gasteiger partial charge is 0.268 e. The average molecular weight is 309 g/mol. The van der Waals surface area contributed by atoms with E-state index in [0.29, 0.717) is 6.42 Å². The highest BCUT2D eigenvalue weighted by atomic mass is 16.5. The first kappa shape index (κ1) is 15.6. The molecule has 23 heavy (non-hydrogen) atoms. The third-order valence-corrected chi connectivity index (χ3v) is 4.27. The number of hydrogen-bond acceptors (Lipinski definition) is 2. The normalized spacial score (nSPS) is 14.5. The molecule has 1 unspecified atom stereocenters. The molecule has 3 heteroatoms. The Morgan fingerprint density at radius 2 is 1.87 bits per heavy atom. The molecule has 1 atom stereocenters. The van der Waals surface area contributed by atoms with Crippen LogP contribution >= 0.6 is 0 Å². The maximum Gasteiger partial charge on any atom is 0.268 e. The Kier molecular flexibility index (Phi) is 4.37. The van der Waals surface area contributed by atoms with Crippen molar-refractivity contribution in [2.45, 2.75) is 39.7 Å². The molecular formula is C20H23NO2. The Balaban J connectivity index is 1.80. The maximum absolute atomic E-state index is 12.9. The average Bonchev–Trinajstić information content (AvgIpc) is 2.95. The number of fused-ring (bicyclic) bond motifs is 1. The van der Waals surface area contributed by atoms with Crippen LogP contribution in [0, 0.1) is 13.8 Å². The van der Waals surface area contributed by atoms with Crippen molar-refractivity contribution in [3.05, 3.63) is 59.2 Å². The minimum Gasteiger partial charge on any atom is -0.481 e. The summed E-state index contributed by atoms with van der Waals surface area (Å²) < 4.78 is 6.02. The Labute approximate surface area is 137 Å². The number of anilines is 1. The van der Waals surface area contributed by atoms with Crippen LogP contribution < -0.4 is 9.64 Å². The van der Waals surface area contributed by atoms with Gasteiger partial charge in [0.1, 0.15) is 5.75 Å². The van der Waals surface area contributed by atoms with Gasteiger partial charge in [-0.15, -0.1) is 0 Å². The number of benzene rings is 2. The van der Waals surface area contributed by atoms with E-state index in [9.17, 15) is 4.79 Å². The topological polar surface area (TPSA) is 29.5 Å². The lowest BCUT2D eigenvalue weighted by atomic mass is 10.1. The Morgan fingerprint density at radius 1 is 1.17 bits per heavy atom. The summed E-state index contributed by atoms with van der Waals surface area (Å²) in [7, 11) is 0. The molecule has 1 aliphatic rings. The fraction of sp³-hybridized carbons (Fsp3) is 0.350. The molecule has 1 aliphatic heterocycles. The molecule has 0 spiro atoms. The summed E-state index contributed by atoms with van der Waals surface area (Å²) in [6, 6.07) is 14.2. The molecule has 2 aromatic rings. The molecule has 1 amide bonds. The van der Waals surface area contributed by atoms with Gasteiger partial charge in [0.05, 0.1) is 0 Å². The first-order valence-corrected chi connectivity index (χ1v) is 8.22. The van der Waals surface area contributed by atoms with Crippen LogP contribution in [0.15, 0.2) is 42.5 Å². The minimum absolute atomic E-state index is 0.0524. The van der Waals surface area contributed by atoms with Crippen LogP contribution in [0.4, 0.5) is 5.69 Å². The van der Waals surface area contributed by atoms with Crippen LogP contribution in [0.2, 0.25) is 0 Å². The van der Waals surface area contributed by atoms with E-state index in [4.69, 9.17) is 4.74 Å². The number of hydrogen-bond donors (Lipinski definition) is 0. The number of ether oxygens (including phenoxy) is 1. The molecule has 3 nitrogen and oxygen atoms in total. The number of rotatable bonds is 4. The first-order valence-electron chi connectivity index (χ1n) is 8.22. The summed E-state index contributed by atoms with van der Waals surface area (Å²) in [5.74, 6) is 0.826. The van der Waals surface area contributed by atoms with Crippen LogP contribution in [0.1, 0.15) is 30.0 Å². The summed E-state index contributed by atoms with van der Waals surface area (Å²) in [5.41, 5.74) is 4.56. The highest BCUT2D eigenvalue weighted by molar-refractivity contribution is 5.98. The van der Waals surface area contributed by atoms with Gasteiger partial charge < -0.3 is 9.64 Å². The van der Waals surface area contributed by atoms with Gasteiger partial charge in [0.25, 0.3) is 5.91 Å². The van der Waals surface area contributed by atoms with E-state index in [1.54, 1.807) is 0 Å². The second kappa shape index (κ2) is 6.45. The van der Waals surface area contributed by atoms with Crippen LogP contribution in [-0.2, 0) is 11.2 Å². The van der Waals surface area contributed by atoms with Crippen LogP contribution in [0.25, 0.3) is 0 Å². The zero-order valence-corrected chi connectivity index (χ0v) is 14.0. The number of amides is 1. The zero-order chi connectivity index (χ0) is 16.4. The fourth-order valence-corrected chi connectivity index (χ4v) is 3.21. The molecule has 0 saturated carbocycles. The van der Waals surface area contributed by atoms with Crippen molar-refractivity contribution in [1.82, 2.24) is 0 Å². The quantitative estimate of drug-likeness (QED) is 0.852. The molecule has 0 aromatic heterocycles. The van der Waals surface area contributed by atoms with E-state index in [1.165, 1.54) is 5.56 Å². The second-order valence-corrected chi connectivity index (χ2v) is 6.21. The Morgan fingerprint density at radius 3 is 2.57 bits per heavy atom. The number of para-hydroxylation sites is 1. The molecule has 2 aromatic carbocycles. The summed E-state index contributed by atoms with van der Waals surface area (Å²) in [4.78, 5) is 14.8. The van der Waals surface area contributed by atoms with E-state index in [-0.39, 0.29) is 5.91 Å². The van der Waals surface area contributed by atoms with Gasteiger partial charge in [-0.3, -0.25) is 4.79 Å². The van der Waals surface area contributed by atoms with Crippen molar-refractivity contribution in [3.63, 3.8) is 0 Å². The van der Waals surface area contributed by atoms with E-state index in [1.807, 2.05) is 56.0 Å². The van der Waals surface area contributed by atoms with Gasteiger partial charge in [0, 0.05) is 12.2 Å². The number of carbonyl (C=O) groups excluding carboxylic acids is 1. The standard InChI is InChI=1S/C20H23NO2/c1-4-19(23-17-12-14(2)11-15(3)13-17)20(22)21-10-9-16-7-5-6-8-18(16)21/h5-8,11-13,19H,4,9-10H2,1-3H3. The first-order chi connectivity index (χ1) is 11.1. The van der Waals surface area contributed by atoms with Gasteiger partial charge in [-0.1, -0.05) is 31.2 Å². The molecule has 0 N–H and O–H groups in total. The van der Waals surface area contributed by atoms with E-state index >= 15 is 0 Å². The predicted octanol–water partition coefficient (Wildman–Crippen LogP) is 4.05. The third-order valence-electron chi connectivity index (χ3n) is 4.27. The molecule has 0 fully saturated rings. The lowest BCUT2D eigenvalue weighted by Gasteiger charge is -2.24. The van der Waals surface area contributed by atoms with Crippen molar-refractivity contribution in [3.8, 4) is 5.75 Å². The summed E-state index contributed by atoms with van der Waals surface area (Å²) >= 11 is 0. The molecule has 120 valence electrons.